The van der Waals surface area contributed by atoms with Crippen LogP contribution in [0.15, 0.2) is 43.0 Å². The Morgan fingerprint density at radius 2 is 1.84 bits per heavy atom. The molecule has 4 fully saturated rings. The van der Waals surface area contributed by atoms with Gasteiger partial charge in [-0.1, -0.05) is 37.1 Å². The Morgan fingerprint density at radius 1 is 1.04 bits per heavy atom. The third-order valence-electron chi connectivity index (χ3n) is 11.7. The van der Waals surface area contributed by atoms with E-state index in [2.05, 4.69) is 21.9 Å². The Hall–Kier alpha value is -3.71. The summed E-state index contributed by atoms with van der Waals surface area (Å²) in [5.41, 5.74) is 0.388. The molecule has 7 rings (SSSR count). The van der Waals surface area contributed by atoms with Gasteiger partial charge in [0.25, 0.3) is 5.91 Å². The maximum Gasteiger partial charge on any atom is 0.407 e. The van der Waals surface area contributed by atoms with Crippen molar-refractivity contribution in [1.29, 1.82) is 0 Å². The minimum Gasteiger partial charge on any atom is -0.487 e. The Kier molecular flexibility index (Phi) is 10.3. The smallest absolute Gasteiger partial charge is 0.407 e. The van der Waals surface area contributed by atoms with E-state index < -0.39 is 50.7 Å². The van der Waals surface area contributed by atoms with Gasteiger partial charge in [-0.3, -0.25) is 19.2 Å². The lowest BCUT2D eigenvalue weighted by atomic mass is 9.66. The molecular formula is C38H51N5O7S. The number of aromatic nitrogens is 1. The maximum atomic E-state index is 14.3. The molecule has 3 amide bonds. The second-order valence-corrected chi connectivity index (χ2v) is 17.3. The van der Waals surface area contributed by atoms with E-state index in [4.69, 9.17) is 14.5 Å². The van der Waals surface area contributed by atoms with Gasteiger partial charge < -0.3 is 20.1 Å². The molecule has 2 bridgehead atoms. The van der Waals surface area contributed by atoms with E-state index >= 15 is 0 Å². The largest absolute Gasteiger partial charge is 0.487 e. The fourth-order valence-corrected chi connectivity index (χ4v) is 9.91. The standard InChI is InChI=1S/C38H51N5O7S/c1-3-27-18-19-38(27,36(45)42-51(47,48)29-16-17-29)41-35(44)32-21-28-23-43(32)22-24(2)39-37(46)50-33-15-9-12-25(33)10-5-4-6-14-31-34(49-28)20-26-11-7-8-13-30(26)40-31/h3,7-8,11,13,20,24-25,27-29,32-33H,1,4-6,9-10,12,14-19,21-23H2,2H3,(H,39,46)(H,41,44)(H,42,45). The molecule has 2 aromatic rings. The van der Waals surface area contributed by atoms with E-state index in [1.807, 2.05) is 42.2 Å². The average Bonchev–Trinajstić information content (AvgIpc) is 3.76. The first-order valence-electron chi connectivity index (χ1n) is 18.8. The van der Waals surface area contributed by atoms with Crippen LogP contribution < -0.4 is 20.1 Å². The number of carbonyl (C=O) groups excluding carboxylic acids is 3. The third-order valence-corrected chi connectivity index (χ3v) is 13.5. The minimum absolute atomic E-state index is 0.0979. The van der Waals surface area contributed by atoms with Gasteiger partial charge in [0.1, 0.15) is 23.5 Å². The van der Waals surface area contributed by atoms with Crippen molar-refractivity contribution < 1.29 is 32.3 Å². The number of amides is 3. The highest BCUT2D eigenvalue weighted by Crippen LogP contribution is 2.41. The van der Waals surface area contributed by atoms with Gasteiger partial charge in [0.15, 0.2) is 0 Å². The fraction of sp³-hybridized carbons (Fsp3) is 0.632. The molecule has 3 heterocycles. The molecule has 51 heavy (non-hydrogen) atoms. The number of carbonyl (C=O) groups is 3. The number of fused-ring (bicyclic) bond motifs is 5. The fourth-order valence-electron chi connectivity index (χ4n) is 8.55. The van der Waals surface area contributed by atoms with Crippen molar-refractivity contribution in [3.05, 3.63) is 48.7 Å². The van der Waals surface area contributed by atoms with Crippen LogP contribution >= 0.6 is 0 Å². The van der Waals surface area contributed by atoms with Crippen molar-refractivity contribution in [1.82, 2.24) is 25.2 Å². The number of nitrogens with one attached hydrogen (secondary N) is 3. The van der Waals surface area contributed by atoms with Crippen molar-refractivity contribution in [2.24, 2.45) is 11.8 Å². The summed E-state index contributed by atoms with van der Waals surface area (Å²) < 4.78 is 40.5. The third kappa shape index (κ3) is 7.74. The number of hydrogen-bond acceptors (Lipinski definition) is 9. The molecule has 8 unspecified atom stereocenters. The highest BCUT2D eigenvalue weighted by molar-refractivity contribution is 7.91. The topological polar surface area (TPSA) is 156 Å². The Morgan fingerprint density at radius 3 is 2.61 bits per heavy atom. The van der Waals surface area contributed by atoms with Gasteiger partial charge in [0.2, 0.25) is 15.9 Å². The van der Waals surface area contributed by atoms with Crippen LogP contribution in [-0.4, -0.2) is 84.4 Å². The number of nitrogens with zero attached hydrogens (tertiary/aromatic N) is 2. The number of pyridine rings is 1. The second-order valence-electron chi connectivity index (χ2n) is 15.4. The Labute approximate surface area is 300 Å². The summed E-state index contributed by atoms with van der Waals surface area (Å²) in [6.07, 6.45) is 10.7. The second kappa shape index (κ2) is 14.7. The van der Waals surface area contributed by atoms with Crippen LogP contribution in [0.2, 0.25) is 0 Å². The lowest BCUT2D eigenvalue weighted by molar-refractivity contribution is -0.140. The number of aryl methyl sites for hydroxylation is 1. The summed E-state index contributed by atoms with van der Waals surface area (Å²) in [6, 6.07) is 8.96. The molecule has 0 radical (unpaired) electrons. The summed E-state index contributed by atoms with van der Waals surface area (Å²) in [6.45, 7) is 6.50. The number of sulfonamides is 1. The average molecular weight is 722 g/mol. The van der Waals surface area contributed by atoms with Gasteiger partial charge in [-0.15, -0.1) is 6.58 Å². The minimum atomic E-state index is -3.82. The zero-order valence-electron chi connectivity index (χ0n) is 29.5. The SMILES string of the molecule is C=CC1CCC1(NC(=O)C1CC2CN1CC(C)NC(=O)OC1CCCC1CCCCCc1nc3ccccc3cc1O2)C(=O)NS(=O)(=O)C1CC1. The summed E-state index contributed by atoms with van der Waals surface area (Å²) in [7, 11) is -3.82. The molecular weight excluding hydrogens is 671 g/mol. The van der Waals surface area contributed by atoms with Crippen LogP contribution in [0, 0.1) is 11.8 Å². The van der Waals surface area contributed by atoms with E-state index in [0.717, 1.165) is 68.0 Å². The molecule has 13 heteroatoms. The highest BCUT2D eigenvalue weighted by atomic mass is 32.2. The van der Waals surface area contributed by atoms with Crippen molar-refractivity contribution in [3.63, 3.8) is 0 Å². The highest BCUT2D eigenvalue weighted by Gasteiger charge is 2.55. The molecule has 3 saturated carbocycles. The van der Waals surface area contributed by atoms with Crippen molar-refractivity contribution in [3.8, 4) is 5.75 Å². The molecule has 1 aromatic heterocycles. The lowest BCUT2D eigenvalue weighted by Crippen LogP contribution is -2.69. The van der Waals surface area contributed by atoms with Crippen molar-refractivity contribution >= 4 is 38.8 Å². The van der Waals surface area contributed by atoms with Crippen molar-refractivity contribution in [2.75, 3.05) is 13.1 Å². The number of benzene rings is 1. The van der Waals surface area contributed by atoms with Crippen LogP contribution in [0.4, 0.5) is 4.79 Å². The predicted octanol–water partition coefficient (Wildman–Crippen LogP) is 4.52. The maximum absolute atomic E-state index is 14.3. The van der Waals surface area contributed by atoms with E-state index in [9.17, 15) is 22.8 Å². The first-order chi connectivity index (χ1) is 24.5. The molecule has 2 aliphatic heterocycles. The van der Waals surface area contributed by atoms with Gasteiger partial charge in [0.05, 0.1) is 22.5 Å². The first-order valence-corrected chi connectivity index (χ1v) is 20.4. The van der Waals surface area contributed by atoms with Gasteiger partial charge in [0, 0.05) is 36.9 Å². The summed E-state index contributed by atoms with van der Waals surface area (Å²) in [4.78, 5) is 48.0. The van der Waals surface area contributed by atoms with Crippen LogP contribution in [-0.2, 0) is 30.8 Å². The molecule has 12 nitrogen and oxygen atoms in total. The number of alkyl carbamates (subject to hydrolysis) is 1. The molecule has 1 saturated heterocycles. The predicted molar refractivity (Wildman–Crippen MR) is 192 cm³/mol. The van der Waals surface area contributed by atoms with Crippen LogP contribution in [0.1, 0.15) is 89.7 Å². The molecule has 5 aliphatic rings. The normalized spacial score (nSPS) is 33.1. The zero-order chi connectivity index (χ0) is 35.8. The monoisotopic (exact) mass is 721 g/mol. The van der Waals surface area contributed by atoms with E-state index in [1.54, 1.807) is 6.08 Å². The molecule has 0 spiro atoms. The molecule has 3 N–H and O–H groups in total. The van der Waals surface area contributed by atoms with Gasteiger partial charge in [-0.25, -0.2) is 18.2 Å². The van der Waals surface area contributed by atoms with Crippen LogP contribution in [0.3, 0.4) is 0 Å². The molecule has 1 aromatic carbocycles. The summed E-state index contributed by atoms with van der Waals surface area (Å²) in [5.74, 6) is -0.467. The quantitative estimate of drug-likeness (QED) is 0.366. The Bertz CT molecular complexity index is 1770. The zero-order valence-corrected chi connectivity index (χ0v) is 30.3. The van der Waals surface area contributed by atoms with E-state index in [1.165, 1.54) is 0 Å². The van der Waals surface area contributed by atoms with Gasteiger partial charge >= 0.3 is 6.09 Å². The lowest BCUT2D eigenvalue weighted by Gasteiger charge is -2.47. The summed E-state index contributed by atoms with van der Waals surface area (Å²) >= 11 is 0. The van der Waals surface area contributed by atoms with Crippen molar-refractivity contribution in [2.45, 2.75) is 125 Å². The number of ether oxygens (including phenoxy) is 2. The number of para-hydroxylation sites is 1. The summed E-state index contributed by atoms with van der Waals surface area (Å²) in [5, 5.41) is 6.39. The Balaban J connectivity index is 1.15. The number of hydrogen-bond donors (Lipinski definition) is 3. The number of rotatable bonds is 6. The molecule has 3 aliphatic carbocycles. The van der Waals surface area contributed by atoms with Gasteiger partial charge in [-0.05, 0) is 89.2 Å². The van der Waals surface area contributed by atoms with Gasteiger partial charge in [-0.2, -0.15) is 0 Å². The van der Waals surface area contributed by atoms with E-state index in [0.29, 0.717) is 56.9 Å². The first kappa shape index (κ1) is 35.7. The van der Waals surface area contributed by atoms with E-state index in [-0.39, 0.29) is 18.2 Å². The molecule has 8 atom stereocenters. The van der Waals surface area contributed by atoms with Crippen LogP contribution in [0.25, 0.3) is 10.9 Å². The molecule has 276 valence electrons. The van der Waals surface area contributed by atoms with Crippen LogP contribution in [0.5, 0.6) is 5.75 Å².